The van der Waals surface area contributed by atoms with Gasteiger partial charge in [-0.1, -0.05) is 42.5 Å². The summed E-state index contributed by atoms with van der Waals surface area (Å²) in [5.41, 5.74) is 1.44. The lowest BCUT2D eigenvalue weighted by molar-refractivity contribution is 0.0998. The van der Waals surface area contributed by atoms with E-state index < -0.39 is 0 Å². The molecule has 21 heavy (non-hydrogen) atoms. The highest BCUT2D eigenvalue weighted by molar-refractivity contribution is 5.85. The molecule has 0 aliphatic carbocycles. The Morgan fingerprint density at radius 1 is 1.19 bits per heavy atom. The van der Waals surface area contributed by atoms with Gasteiger partial charge in [0.25, 0.3) is 0 Å². The highest BCUT2D eigenvalue weighted by atomic mass is 16.5. The van der Waals surface area contributed by atoms with Crippen LogP contribution in [0.3, 0.4) is 0 Å². The zero-order valence-corrected chi connectivity index (χ0v) is 12.8. The van der Waals surface area contributed by atoms with Crippen LogP contribution in [0, 0.1) is 0 Å². The fourth-order valence-corrected chi connectivity index (χ4v) is 3.34. The molecular formula is C19H25NO. The summed E-state index contributed by atoms with van der Waals surface area (Å²) in [7, 11) is 2.07. The first kappa shape index (κ1) is 14.6. The Hall–Kier alpha value is -1.38. The van der Waals surface area contributed by atoms with E-state index >= 15 is 0 Å². The van der Waals surface area contributed by atoms with Crippen molar-refractivity contribution in [2.24, 2.45) is 0 Å². The Balaban J connectivity index is 1.67. The van der Waals surface area contributed by atoms with Gasteiger partial charge >= 0.3 is 0 Å². The molecule has 112 valence electrons. The van der Waals surface area contributed by atoms with E-state index in [0.29, 0.717) is 12.1 Å². The van der Waals surface area contributed by atoms with Crippen molar-refractivity contribution in [1.82, 2.24) is 5.32 Å². The number of benzene rings is 2. The average Bonchev–Trinajstić information content (AvgIpc) is 3.05. The molecular weight excluding hydrogens is 258 g/mol. The Bertz CT molecular complexity index is 569. The lowest BCUT2D eigenvalue weighted by Gasteiger charge is -2.19. The summed E-state index contributed by atoms with van der Waals surface area (Å²) in [6.07, 6.45) is 6.42. The molecule has 2 nitrogen and oxygen atoms in total. The van der Waals surface area contributed by atoms with Gasteiger partial charge in [-0.25, -0.2) is 0 Å². The number of hydrogen-bond acceptors (Lipinski definition) is 2. The van der Waals surface area contributed by atoms with Gasteiger partial charge in [-0.05, 0) is 55.5 Å². The van der Waals surface area contributed by atoms with Crippen LogP contribution >= 0.6 is 0 Å². The third kappa shape index (κ3) is 3.63. The largest absolute Gasteiger partial charge is 0.378 e. The first-order valence-corrected chi connectivity index (χ1v) is 8.12. The number of nitrogens with one attached hydrogen (secondary N) is 1. The maximum Gasteiger partial charge on any atom is 0.0576 e. The van der Waals surface area contributed by atoms with Crippen LogP contribution < -0.4 is 5.32 Å². The first-order chi connectivity index (χ1) is 10.4. The molecule has 2 atom stereocenters. The van der Waals surface area contributed by atoms with Crippen LogP contribution in [0.5, 0.6) is 0 Å². The van der Waals surface area contributed by atoms with Crippen molar-refractivity contribution in [2.45, 2.75) is 44.2 Å². The van der Waals surface area contributed by atoms with Gasteiger partial charge in [0.15, 0.2) is 0 Å². The van der Waals surface area contributed by atoms with Crippen molar-refractivity contribution in [3.05, 3.63) is 48.0 Å². The Labute approximate surface area is 127 Å². The van der Waals surface area contributed by atoms with Gasteiger partial charge in [-0.3, -0.25) is 0 Å². The van der Waals surface area contributed by atoms with Crippen LogP contribution in [0.25, 0.3) is 10.8 Å². The predicted octanol–water partition coefficient (Wildman–Crippen LogP) is 3.93. The van der Waals surface area contributed by atoms with E-state index in [-0.39, 0.29) is 0 Å². The molecule has 0 amide bonds. The minimum Gasteiger partial charge on any atom is -0.378 e. The average molecular weight is 283 g/mol. The van der Waals surface area contributed by atoms with Gasteiger partial charge in [-0.15, -0.1) is 0 Å². The molecule has 0 saturated carbocycles. The van der Waals surface area contributed by atoms with Crippen LogP contribution in [0.1, 0.15) is 31.2 Å². The maximum absolute atomic E-state index is 5.74. The molecule has 1 fully saturated rings. The molecule has 1 N–H and O–H groups in total. The van der Waals surface area contributed by atoms with Gasteiger partial charge in [0.2, 0.25) is 0 Å². The number of fused-ring (bicyclic) bond motifs is 1. The monoisotopic (exact) mass is 283 g/mol. The predicted molar refractivity (Wildman–Crippen MR) is 88.7 cm³/mol. The summed E-state index contributed by atoms with van der Waals surface area (Å²) in [5.74, 6) is 0. The standard InChI is InChI=1S/C19H25NO/c1-20-17(11-12-18-9-5-13-21-18)14-16-8-4-7-15-6-2-3-10-19(15)16/h2-4,6-8,10,17-18,20H,5,9,11-14H2,1H3. The van der Waals surface area contributed by atoms with E-state index in [2.05, 4.69) is 54.8 Å². The SMILES string of the molecule is CNC(CCC1CCCO1)Cc1cccc2ccccc12. The number of likely N-dealkylation sites (N-methyl/N-ethyl adjacent to an activating group) is 1. The highest BCUT2D eigenvalue weighted by Crippen LogP contribution is 2.22. The minimum absolute atomic E-state index is 0.494. The van der Waals surface area contributed by atoms with Crippen molar-refractivity contribution < 1.29 is 4.74 Å². The molecule has 2 heteroatoms. The summed E-state index contributed by atoms with van der Waals surface area (Å²) < 4.78 is 5.74. The van der Waals surface area contributed by atoms with Crippen LogP contribution in [0.2, 0.25) is 0 Å². The lowest BCUT2D eigenvalue weighted by Crippen LogP contribution is -2.28. The van der Waals surface area contributed by atoms with E-state index in [1.54, 1.807) is 0 Å². The summed E-state index contributed by atoms with van der Waals surface area (Å²) in [6.45, 7) is 0.957. The third-order valence-electron chi connectivity index (χ3n) is 4.62. The van der Waals surface area contributed by atoms with E-state index in [4.69, 9.17) is 4.74 Å². The summed E-state index contributed by atoms with van der Waals surface area (Å²) in [4.78, 5) is 0. The van der Waals surface area contributed by atoms with Crippen molar-refractivity contribution in [2.75, 3.05) is 13.7 Å². The zero-order valence-electron chi connectivity index (χ0n) is 12.8. The van der Waals surface area contributed by atoms with Crippen LogP contribution in [-0.2, 0) is 11.2 Å². The van der Waals surface area contributed by atoms with Gasteiger partial charge in [0.05, 0.1) is 6.10 Å². The third-order valence-corrected chi connectivity index (χ3v) is 4.62. The molecule has 0 bridgehead atoms. The smallest absolute Gasteiger partial charge is 0.0576 e. The molecule has 3 rings (SSSR count). The van der Waals surface area contributed by atoms with E-state index in [1.807, 2.05) is 0 Å². The fraction of sp³-hybridized carbons (Fsp3) is 0.474. The molecule has 2 aromatic rings. The second kappa shape index (κ2) is 7.06. The first-order valence-electron chi connectivity index (χ1n) is 8.12. The fourth-order valence-electron chi connectivity index (χ4n) is 3.34. The highest BCUT2D eigenvalue weighted by Gasteiger charge is 2.17. The second-order valence-electron chi connectivity index (χ2n) is 6.04. The molecule has 0 radical (unpaired) electrons. The minimum atomic E-state index is 0.494. The van der Waals surface area contributed by atoms with Gasteiger partial charge < -0.3 is 10.1 Å². The van der Waals surface area contributed by atoms with Gasteiger partial charge in [0, 0.05) is 12.6 Å². The molecule has 1 aliphatic heterocycles. The van der Waals surface area contributed by atoms with Crippen molar-refractivity contribution >= 4 is 10.8 Å². The summed E-state index contributed by atoms with van der Waals surface area (Å²) in [5, 5.41) is 6.21. The molecule has 2 unspecified atom stereocenters. The number of hydrogen-bond donors (Lipinski definition) is 1. The van der Waals surface area contributed by atoms with E-state index in [1.165, 1.54) is 42.0 Å². The van der Waals surface area contributed by atoms with Crippen molar-refractivity contribution in [3.8, 4) is 0 Å². The zero-order chi connectivity index (χ0) is 14.5. The summed E-state index contributed by atoms with van der Waals surface area (Å²) >= 11 is 0. The normalized spacial score (nSPS) is 20.0. The quantitative estimate of drug-likeness (QED) is 0.867. The number of ether oxygens (including phenoxy) is 1. The van der Waals surface area contributed by atoms with Crippen LogP contribution in [0.15, 0.2) is 42.5 Å². The van der Waals surface area contributed by atoms with Gasteiger partial charge in [-0.2, -0.15) is 0 Å². The molecule has 0 spiro atoms. The van der Waals surface area contributed by atoms with Crippen LogP contribution in [-0.4, -0.2) is 25.8 Å². The second-order valence-corrected chi connectivity index (χ2v) is 6.04. The Morgan fingerprint density at radius 3 is 2.86 bits per heavy atom. The lowest BCUT2D eigenvalue weighted by atomic mass is 9.95. The topological polar surface area (TPSA) is 21.3 Å². The summed E-state index contributed by atoms with van der Waals surface area (Å²) in [6, 6.07) is 15.8. The molecule has 1 saturated heterocycles. The maximum atomic E-state index is 5.74. The molecule has 0 aromatic heterocycles. The van der Waals surface area contributed by atoms with E-state index in [9.17, 15) is 0 Å². The van der Waals surface area contributed by atoms with Crippen molar-refractivity contribution in [3.63, 3.8) is 0 Å². The van der Waals surface area contributed by atoms with E-state index in [0.717, 1.165) is 13.0 Å². The van der Waals surface area contributed by atoms with Crippen LogP contribution in [0.4, 0.5) is 0 Å². The molecule has 2 aromatic carbocycles. The molecule has 1 aliphatic rings. The number of rotatable bonds is 6. The molecule has 1 heterocycles. The Morgan fingerprint density at radius 2 is 2.05 bits per heavy atom. The Kier molecular flexibility index (Phi) is 4.89. The van der Waals surface area contributed by atoms with Gasteiger partial charge in [0.1, 0.15) is 0 Å². The van der Waals surface area contributed by atoms with Crippen molar-refractivity contribution in [1.29, 1.82) is 0 Å².